The third-order valence-electron chi connectivity index (χ3n) is 3.69. The Labute approximate surface area is 150 Å². The van der Waals surface area contributed by atoms with Crippen LogP contribution in [0.4, 0.5) is 11.4 Å². The van der Waals surface area contributed by atoms with Crippen molar-refractivity contribution in [2.24, 2.45) is 0 Å². The molecular formula is C16H15ClN2O5S. The molecule has 9 heteroatoms. The number of halogens is 1. The molecule has 132 valence electrons. The van der Waals surface area contributed by atoms with Crippen LogP contribution in [-0.2, 0) is 10.0 Å². The van der Waals surface area contributed by atoms with Gasteiger partial charge in [0.05, 0.1) is 22.5 Å². The van der Waals surface area contributed by atoms with Crippen LogP contribution in [0.25, 0.3) is 0 Å². The van der Waals surface area contributed by atoms with E-state index in [-0.39, 0.29) is 17.4 Å². The maximum absolute atomic E-state index is 12.5. The number of sulfonamides is 1. The molecule has 0 saturated carbocycles. The van der Waals surface area contributed by atoms with Crippen LogP contribution in [0.5, 0.6) is 11.5 Å². The number of nitrogens with one attached hydrogen (secondary N) is 1. The molecule has 0 spiro atoms. The van der Waals surface area contributed by atoms with Gasteiger partial charge in [-0.05, 0) is 30.3 Å². The summed E-state index contributed by atoms with van der Waals surface area (Å²) in [7, 11) is -2.05. The predicted octanol–water partition coefficient (Wildman–Crippen LogP) is 2.72. The van der Waals surface area contributed by atoms with Crippen LogP contribution in [0.2, 0.25) is 5.02 Å². The Morgan fingerprint density at radius 3 is 2.60 bits per heavy atom. The molecule has 0 radical (unpaired) electrons. The van der Waals surface area contributed by atoms with Crippen LogP contribution >= 0.6 is 11.6 Å². The number of nitrogens with zero attached hydrogens (tertiary/aromatic N) is 1. The first-order valence-corrected chi connectivity index (χ1v) is 9.43. The maximum Gasteiger partial charge on any atom is 0.257 e. The average Bonchev–Trinajstić information content (AvgIpc) is 3.01. The lowest BCUT2D eigenvalue weighted by Crippen LogP contribution is -2.25. The van der Waals surface area contributed by atoms with Crippen molar-refractivity contribution in [2.45, 2.75) is 0 Å². The highest BCUT2D eigenvalue weighted by Crippen LogP contribution is 2.34. The molecule has 1 aliphatic heterocycles. The Kier molecular flexibility index (Phi) is 4.49. The molecule has 2 aromatic carbocycles. The van der Waals surface area contributed by atoms with Crippen molar-refractivity contribution in [2.75, 3.05) is 29.7 Å². The van der Waals surface area contributed by atoms with Crippen LogP contribution in [0.15, 0.2) is 36.4 Å². The van der Waals surface area contributed by atoms with Crippen molar-refractivity contribution in [3.05, 3.63) is 47.0 Å². The van der Waals surface area contributed by atoms with Gasteiger partial charge >= 0.3 is 0 Å². The summed E-state index contributed by atoms with van der Waals surface area (Å²) >= 11 is 6.10. The second-order valence-electron chi connectivity index (χ2n) is 5.42. The largest absolute Gasteiger partial charge is 0.454 e. The van der Waals surface area contributed by atoms with Gasteiger partial charge in [-0.3, -0.25) is 9.10 Å². The third kappa shape index (κ3) is 3.64. The Hall–Kier alpha value is -2.45. The lowest BCUT2D eigenvalue weighted by molar-refractivity contribution is 0.102. The summed E-state index contributed by atoms with van der Waals surface area (Å²) in [5.41, 5.74) is 1.00. The number of benzene rings is 2. The molecule has 0 saturated heterocycles. The van der Waals surface area contributed by atoms with E-state index in [1.165, 1.54) is 25.2 Å². The number of rotatable bonds is 4. The molecule has 0 aromatic heterocycles. The molecular weight excluding hydrogens is 368 g/mol. The molecule has 1 N–H and O–H groups in total. The summed E-state index contributed by atoms with van der Waals surface area (Å²) in [6.45, 7) is 0.137. The van der Waals surface area contributed by atoms with E-state index in [9.17, 15) is 13.2 Å². The van der Waals surface area contributed by atoms with Gasteiger partial charge in [0, 0.05) is 18.8 Å². The van der Waals surface area contributed by atoms with Crippen molar-refractivity contribution in [1.82, 2.24) is 0 Å². The summed E-state index contributed by atoms with van der Waals surface area (Å²) in [6, 6.07) is 9.43. The highest BCUT2D eigenvalue weighted by atomic mass is 35.5. The van der Waals surface area contributed by atoms with E-state index in [0.29, 0.717) is 22.9 Å². The summed E-state index contributed by atoms with van der Waals surface area (Å²) in [4.78, 5) is 12.5. The Bertz CT molecular complexity index is 946. The Morgan fingerprint density at radius 1 is 1.16 bits per heavy atom. The minimum Gasteiger partial charge on any atom is -0.454 e. The van der Waals surface area contributed by atoms with E-state index >= 15 is 0 Å². The van der Waals surface area contributed by atoms with Gasteiger partial charge in [0.25, 0.3) is 5.91 Å². The van der Waals surface area contributed by atoms with Crippen LogP contribution in [0.3, 0.4) is 0 Å². The number of amides is 1. The number of anilines is 2. The van der Waals surface area contributed by atoms with Crippen molar-refractivity contribution < 1.29 is 22.7 Å². The summed E-state index contributed by atoms with van der Waals surface area (Å²) in [6.07, 6.45) is 1.08. The SMILES string of the molecule is CN(c1ccc(Cl)c(C(=O)Nc2ccc3c(c2)OCO3)c1)S(C)(=O)=O. The fourth-order valence-electron chi connectivity index (χ4n) is 2.25. The number of fused-ring (bicyclic) bond motifs is 1. The van der Waals surface area contributed by atoms with E-state index in [4.69, 9.17) is 21.1 Å². The summed E-state index contributed by atoms with van der Waals surface area (Å²) in [5.74, 6) is 0.676. The second kappa shape index (κ2) is 6.45. The van der Waals surface area contributed by atoms with Crippen molar-refractivity contribution in [1.29, 1.82) is 0 Å². The predicted molar refractivity (Wildman–Crippen MR) is 95.2 cm³/mol. The van der Waals surface area contributed by atoms with E-state index in [1.54, 1.807) is 18.2 Å². The smallest absolute Gasteiger partial charge is 0.257 e. The van der Waals surface area contributed by atoms with Gasteiger partial charge in [0.1, 0.15) is 0 Å². The molecule has 0 atom stereocenters. The Balaban J connectivity index is 1.87. The molecule has 2 aromatic rings. The van der Waals surface area contributed by atoms with Gasteiger partial charge in [-0.25, -0.2) is 8.42 Å². The van der Waals surface area contributed by atoms with Crippen molar-refractivity contribution in [3.63, 3.8) is 0 Å². The Morgan fingerprint density at radius 2 is 1.88 bits per heavy atom. The van der Waals surface area contributed by atoms with Crippen molar-refractivity contribution >= 4 is 38.9 Å². The van der Waals surface area contributed by atoms with E-state index in [2.05, 4.69) is 5.32 Å². The van der Waals surface area contributed by atoms with Gasteiger partial charge in [-0.1, -0.05) is 11.6 Å². The molecule has 0 fully saturated rings. The minimum atomic E-state index is -3.45. The number of carbonyl (C=O) groups excluding carboxylic acids is 1. The monoisotopic (exact) mass is 382 g/mol. The first-order chi connectivity index (χ1) is 11.8. The second-order valence-corrected chi connectivity index (χ2v) is 7.84. The topological polar surface area (TPSA) is 84.9 Å². The lowest BCUT2D eigenvalue weighted by atomic mass is 10.1. The third-order valence-corrected chi connectivity index (χ3v) is 5.22. The van der Waals surface area contributed by atoms with Gasteiger partial charge < -0.3 is 14.8 Å². The van der Waals surface area contributed by atoms with Gasteiger partial charge in [0.15, 0.2) is 11.5 Å². The first-order valence-electron chi connectivity index (χ1n) is 7.20. The molecule has 3 rings (SSSR count). The molecule has 1 amide bonds. The van der Waals surface area contributed by atoms with Crippen molar-refractivity contribution in [3.8, 4) is 11.5 Å². The van der Waals surface area contributed by atoms with Crippen LogP contribution < -0.4 is 19.1 Å². The van der Waals surface area contributed by atoms with E-state index in [0.717, 1.165) is 10.6 Å². The number of hydrogen-bond acceptors (Lipinski definition) is 5. The lowest BCUT2D eigenvalue weighted by Gasteiger charge is -2.18. The van der Waals surface area contributed by atoms with Crippen LogP contribution in [0.1, 0.15) is 10.4 Å². The molecule has 0 bridgehead atoms. The quantitative estimate of drug-likeness (QED) is 0.878. The molecule has 7 nitrogen and oxygen atoms in total. The van der Waals surface area contributed by atoms with Gasteiger partial charge in [0.2, 0.25) is 16.8 Å². The highest BCUT2D eigenvalue weighted by Gasteiger charge is 2.18. The fourth-order valence-corrected chi connectivity index (χ4v) is 2.95. The molecule has 0 aliphatic carbocycles. The zero-order valence-electron chi connectivity index (χ0n) is 13.4. The number of carbonyl (C=O) groups is 1. The first kappa shape index (κ1) is 17.4. The molecule has 1 aliphatic rings. The summed E-state index contributed by atoms with van der Waals surface area (Å²) in [5, 5.41) is 2.92. The van der Waals surface area contributed by atoms with Gasteiger partial charge in [-0.2, -0.15) is 0 Å². The zero-order valence-corrected chi connectivity index (χ0v) is 15.0. The zero-order chi connectivity index (χ0) is 18.2. The fraction of sp³-hybridized carbons (Fsp3) is 0.188. The molecule has 1 heterocycles. The maximum atomic E-state index is 12.5. The van der Waals surface area contributed by atoms with E-state index < -0.39 is 15.9 Å². The highest BCUT2D eigenvalue weighted by molar-refractivity contribution is 7.92. The molecule has 0 unspecified atom stereocenters. The number of hydrogen-bond donors (Lipinski definition) is 1. The van der Waals surface area contributed by atoms with Crippen LogP contribution in [0, 0.1) is 0 Å². The summed E-state index contributed by atoms with van der Waals surface area (Å²) < 4.78 is 34.9. The molecule has 25 heavy (non-hydrogen) atoms. The standard InChI is InChI=1S/C16H15ClN2O5S/c1-19(25(2,21)22)11-4-5-13(17)12(8-11)16(20)18-10-3-6-14-15(7-10)24-9-23-14/h3-8H,9H2,1-2H3,(H,18,20). The van der Waals surface area contributed by atoms with Gasteiger partial charge in [-0.15, -0.1) is 0 Å². The van der Waals surface area contributed by atoms with E-state index in [1.807, 2.05) is 0 Å². The number of ether oxygens (including phenoxy) is 2. The average molecular weight is 383 g/mol. The normalized spacial score (nSPS) is 12.8. The minimum absolute atomic E-state index is 0.137. The van der Waals surface area contributed by atoms with Crippen LogP contribution in [-0.4, -0.2) is 34.4 Å².